The lowest BCUT2D eigenvalue weighted by atomic mass is 9.86. The molecule has 0 spiro atoms. The molecule has 2 aromatic heterocycles. The van der Waals surface area contributed by atoms with Crippen molar-refractivity contribution in [2.24, 2.45) is 0 Å². The van der Waals surface area contributed by atoms with E-state index in [4.69, 9.17) is 8.83 Å². The number of para-hydroxylation sites is 2. The quantitative estimate of drug-likeness (QED) is 0.187. The Bertz CT molecular complexity index is 2640. The van der Waals surface area contributed by atoms with Crippen molar-refractivity contribution in [1.82, 2.24) is 0 Å². The summed E-state index contributed by atoms with van der Waals surface area (Å²) in [5.41, 5.74) is 14.2. The second-order valence-corrected chi connectivity index (χ2v) is 16.2. The first-order valence-electron chi connectivity index (χ1n) is 17.7. The van der Waals surface area contributed by atoms with Crippen molar-refractivity contribution in [1.29, 1.82) is 0 Å². The van der Waals surface area contributed by atoms with E-state index in [-0.39, 0.29) is 10.8 Å². The fraction of sp³-hybridized carbons (Fsp3) is 0.167. The molecule has 0 saturated carbocycles. The molecular formula is C48H38O2. The molecule has 2 aliphatic rings. The highest BCUT2D eigenvalue weighted by Crippen LogP contribution is 2.46. The van der Waals surface area contributed by atoms with Gasteiger partial charge in [0, 0.05) is 33.0 Å². The molecular weight excluding hydrogens is 609 g/mol. The van der Waals surface area contributed by atoms with Gasteiger partial charge in [0.25, 0.3) is 0 Å². The van der Waals surface area contributed by atoms with Crippen LogP contribution in [0.5, 0.6) is 0 Å². The van der Waals surface area contributed by atoms with E-state index in [1.54, 1.807) is 0 Å². The Morgan fingerprint density at radius 3 is 1.18 bits per heavy atom. The van der Waals surface area contributed by atoms with Crippen molar-refractivity contribution in [2.75, 3.05) is 0 Å². The summed E-state index contributed by atoms with van der Waals surface area (Å²) >= 11 is 0. The lowest BCUT2D eigenvalue weighted by Gasteiger charge is -2.19. The molecule has 8 aromatic rings. The Balaban J connectivity index is 1.28. The molecule has 0 unspecified atom stereocenters. The predicted molar refractivity (Wildman–Crippen MR) is 207 cm³/mol. The third kappa shape index (κ3) is 4.15. The van der Waals surface area contributed by atoms with Crippen molar-refractivity contribution in [3.8, 4) is 22.3 Å². The van der Waals surface area contributed by atoms with Gasteiger partial charge in [-0.15, -0.1) is 0 Å². The SMILES string of the molecule is CC(C)(C)c1ccc(C2=c3cc4cc5c(cc4cc3-c3c2oc2ccccc32)=C(c2ccc(C(C)(C)C)cc2)c2oc3ccccc3c2-5)cc1. The van der Waals surface area contributed by atoms with Crippen LogP contribution in [0.1, 0.15) is 75.3 Å². The Labute approximate surface area is 292 Å². The van der Waals surface area contributed by atoms with E-state index in [0.29, 0.717) is 0 Å². The maximum atomic E-state index is 6.70. The van der Waals surface area contributed by atoms with Crippen molar-refractivity contribution >= 4 is 43.9 Å². The molecule has 0 atom stereocenters. The van der Waals surface area contributed by atoms with Crippen LogP contribution in [0.15, 0.2) is 130 Å². The predicted octanol–water partition coefficient (Wildman–Crippen LogP) is 11.4. The first-order chi connectivity index (χ1) is 24.0. The molecule has 0 radical (unpaired) electrons. The fourth-order valence-electron chi connectivity index (χ4n) is 8.25. The van der Waals surface area contributed by atoms with Crippen molar-refractivity contribution < 1.29 is 8.83 Å². The number of hydrogen-bond acceptors (Lipinski definition) is 2. The van der Waals surface area contributed by atoms with Gasteiger partial charge in [0.1, 0.15) is 22.7 Å². The zero-order valence-electron chi connectivity index (χ0n) is 29.4. The summed E-state index contributed by atoms with van der Waals surface area (Å²) in [7, 11) is 0. The second-order valence-electron chi connectivity index (χ2n) is 16.2. The van der Waals surface area contributed by atoms with E-state index in [0.717, 1.165) is 44.6 Å². The maximum Gasteiger partial charge on any atom is 0.144 e. The highest BCUT2D eigenvalue weighted by atomic mass is 16.3. The summed E-state index contributed by atoms with van der Waals surface area (Å²) < 4.78 is 13.4. The average molecular weight is 647 g/mol. The molecule has 2 aliphatic carbocycles. The van der Waals surface area contributed by atoms with Crippen LogP contribution in [-0.4, -0.2) is 0 Å². The van der Waals surface area contributed by atoms with E-state index in [2.05, 4.69) is 163 Å². The molecule has 50 heavy (non-hydrogen) atoms. The number of rotatable bonds is 2. The second kappa shape index (κ2) is 9.98. The van der Waals surface area contributed by atoms with Gasteiger partial charge in [-0.3, -0.25) is 0 Å². The molecule has 0 saturated heterocycles. The highest BCUT2D eigenvalue weighted by Gasteiger charge is 2.31. The van der Waals surface area contributed by atoms with Crippen LogP contribution >= 0.6 is 0 Å². The van der Waals surface area contributed by atoms with Gasteiger partial charge in [-0.1, -0.05) is 126 Å². The molecule has 0 bridgehead atoms. The average Bonchev–Trinajstić information content (AvgIpc) is 3.82. The van der Waals surface area contributed by atoms with Crippen LogP contribution in [0.2, 0.25) is 0 Å². The van der Waals surface area contributed by atoms with Crippen LogP contribution in [-0.2, 0) is 10.8 Å². The van der Waals surface area contributed by atoms with E-state index >= 15 is 0 Å². The van der Waals surface area contributed by atoms with E-state index in [9.17, 15) is 0 Å². The molecule has 242 valence electrons. The molecule has 0 N–H and O–H groups in total. The zero-order chi connectivity index (χ0) is 34.1. The van der Waals surface area contributed by atoms with Gasteiger partial charge in [-0.25, -0.2) is 0 Å². The third-order valence-electron chi connectivity index (χ3n) is 10.9. The molecule has 2 heterocycles. The van der Waals surface area contributed by atoms with Gasteiger partial charge in [0.2, 0.25) is 0 Å². The van der Waals surface area contributed by atoms with E-state index < -0.39 is 0 Å². The standard InChI is InChI=1S/C48H38O2/c1-47(2,3)31-19-15-27(16-20-31)41-35-23-29-26-38-36(24-30(29)25-37(35)43-33-11-7-9-13-39(33)49-45(41)43)42(28-17-21-32(22-18-28)48(4,5)6)46-44(38)34-12-8-10-14-40(34)50-46/h7-26H,1-6H3. The first-order valence-corrected chi connectivity index (χ1v) is 17.7. The lowest BCUT2D eigenvalue weighted by Crippen LogP contribution is -2.12. The summed E-state index contributed by atoms with van der Waals surface area (Å²) in [6.07, 6.45) is 0. The Hall–Kier alpha value is -5.60. The Morgan fingerprint density at radius 2 is 0.800 bits per heavy atom. The molecule has 2 heteroatoms. The minimum atomic E-state index is 0.0818. The van der Waals surface area contributed by atoms with Gasteiger partial charge < -0.3 is 8.83 Å². The molecule has 10 rings (SSSR count). The number of benzene rings is 6. The van der Waals surface area contributed by atoms with Crippen LogP contribution < -0.4 is 10.4 Å². The fourth-order valence-corrected chi connectivity index (χ4v) is 8.25. The van der Waals surface area contributed by atoms with Crippen molar-refractivity contribution in [3.63, 3.8) is 0 Å². The molecule has 0 amide bonds. The highest BCUT2D eigenvalue weighted by molar-refractivity contribution is 6.11. The first kappa shape index (κ1) is 29.3. The Kier molecular flexibility index (Phi) is 5.86. The van der Waals surface area contributed by atoms with Gasteiger partial charge in [-0.2, -0.15) is 0 Å². The summed E-state index contributed by atoms with van der Waals surface area (Å²) in [5, 5.41) is 7.17. The summed E-state index contributed by atoms with van der Waals surface area (Å²) in [6, 6.07) is 44.6. The number of hydrogen-bond donors (Lipinski definition) is 0. The monoisotopic (exact) mass is 646 g/mol. The molecule has 6 aromatic carbocycles. The maximum absolute atomic E-state index is 6.70. The molecule has 2 nitrogen and oxygen atoms in total. The lowest BCUT2D eigenvalue weighted by molar-refractivity contribution is 0.589. The summed E-state index contributed by atoms with van der Waals surface area (Å²) in [5.74, 6) is 1.92. The third-order valence-corrected chi connectivity index (χ3v) is 10.9. The number of furan rings is 2. The van der Waals surface area contributed by atoms with Crippen LogP contribution in [0, 0.1) is 0 Å². The van der Waals surface area contributed by atoms with Crippen LogP contribution in [0.25, 0.3) is 66.1 Å². The summed E-state index contributed by atoms with van der Waals surface area (Å²) in [4.78, 5) is 0. The minimum Gasteiger partial charge on any atom is -0.455 e. The largest absolute Gasteiger partial charge is 0.455 e. The molecule has 0 fully saturated rings. The van der Waals surface area contributed by atoms with Gasteiger partial charge in [-0.05, 0) is 102 Å². The topological polar surface area (TPSA) is 26.3 Å². The van der Waals surface area contributed by atoms with Crippen molar-refractivity contribution in [2.45, 2.75) is 52.4 Å². The summed E-state index contributed by atoms with van der Waals surface area (Å²) in [6.45, 7) is 13.6. The zero-order valence-corrected chi connectivity index (χ0v) is 29.4. The van der Waals surface area contributed by atoms with E-state index in [1.165, 1.54) is 65.7 Å². The Morgan fingerprint density at radius 1 is 0.420 bits per heavy atom. The smallest absolute Gasteiger partial charge is 0.144 e. The molecule has 0 aliphatic heterocycles. The van der Waals surface area contributed by atoms with E-state index in [1.807, 2.05) is 0 Å². The van der Waals surface area contributed by atoms with Crippen LogP contribution in [0.3, 0.4) is 0 Å². The van der Waals surface area contributed by atoms with Crippen LogP contribution in [0.4, 0.5) is 0 Å². The van der Waals surface area contributed by atoms with Gasteiger partial charge in [0.15, 0.2) is 0 Å². The van der Waals surface area contributed by atoms with Gasteiger partial charge >= 0.3 is 0 Å². The van der Waals surface area contributed by atoms with Gasteiger partial charge in [0.05, 0.1) is 0 Å². The number of fused-ring (bicyclic) bond motifs is 11. The minimum absolute atomic E-state index is 0.0818. The normalized spacial score (nSPS) is 13.7. The van der Waals surface area contributed by atoms with Crippen molar-refractivity contribution in [3.05, 3.63) is 166 Å².